The van der Waals surface area contributed by atoms with Crippen LogP contribution in [-0.2, 0) is 4.79 Å². The van der Waals surface area contributed by atoms with Crippen molar-refractivity contribution in [2.45, 2.75) is 45.1 Å². The van der Waals surface area contributed by atoms with Gasteiger partial charge in [-0.25, -0.2) is 18.0 Å². The van der Waals surface area contributed by atoms with Gasteiger partial charge in [0.2, 0.25) is 0 Å². The van der Waals surface area contributed by atoms with Crippen molar-refractivity contribution in [3.05, 3.63) is 34.4 Å². The number of aliphatic carboxylic acids is 1. The highest BCUT2D eigenvalue weighted by atomic mass is 19.2. The van der Waals surface area contributed by atoms with Crippen molar-refractivity contribution >= 4 is 5.97 Å². The largest absolute Gasteiger partial charge is 0.478 e. The first-order chi connectivity index (χ1) is 10.1. The van der Waals surface area contributed by atoms with Crippen molar-refractivity contribution in [2.24, 2.45) is 5.73 Å². The van der Waals surface area contributed by atoms with Crippen LogP contribution in [0.5, 0.6) is 0 Å². The van der Waals surface area contributed by atoms with Crippen LogP contribution in [0.4, 0.5) is 13.2 Å². The summed E-state index contributed by atoms with van der Waals surface area (Å²) >= 11 is 0. The molecule has 0 saturated carbocycles. The summed E-state index contributed by atoms with van der Waals surface area (Å²) in [5, 5.41) is 9.39. The van der Waals surface area contributed by atoms with E-state index in [0.29, 0.717) is 18.5 Å². The predicted octanol–water partition coefficient (Wildman–Crippen LogP) is 3.28. The number of carboxylic acids is 1. The highest BCUT2D eigenvalue weighted by molar-refractivity contribution is 5.87. The maximum atomic E-state index is 14.0. The second-order valence-corrected chi connectivity index (χ2v) is 6.19. The van der Waals surface area contributed by atoms with Crippen LogP contribution in [-0.4, -0.2) is 28.1 Å². The number of nitrogens with two attached hydrogens (primary N) is 1. The van der Waals surface area contributed by atoms with Crippen molar-refractivity contribution in [2.75, 3.05) is 6.54 Å². The van der Waals surface area contributed by atoms with E-state index in [1.54, 1.807) is 0 Å². The number of allylic oxidation sites excluding steroid dienone is 4. The molecule has 2 heterocycles. The fourth-order valence-electron chi connectivity index (χ4n) is 2.90. The number of hydrogen-bond donors (Lipinski definition) is 2. The molecule has 0 aliphatic carbocycles. The summed E-state index contributed by atoms with van der Waals surface area (Å²) in [5.74, 6) is -5.46. The van der Waals surface area contributed by atoms with Gasteiger partial charge in [0.1, 0.15) is 0 Å². The lowest BCUT2D eigenvalue weighted by Crippen LogP contribution is -2.39. The van der Waals surface area contributed by atoms with Crippen LogP contribution in [0, 0.1) is 0 Å². The smallest absolute Gasteiger partial charge is 0.333 e. The third-order valence-electron chi connectivity index (χ3n) is 4.29. The summed E-state index contributed by atoms with van der Waals surface area (Å²) in [6.07, 6.45) is 0.867. The standard InChI is InChI=1S/C15H19F3N2O2/c1-15(2)6-5-11-8(14(21)22)3-4-10(19)13(18)12(17)9(16)7-20(11)15/h3-7,19H2,1-2H3,(H,21,22)/b11-8+,12-9-,13-10-. The summed E-state index contributed by atoms with van der Waals surface area (Å²) < 4.78 is 41.5. The van der Waals surface area contributed by atoms with E-state index in [1.165, 1.54) is 4.90 Å². The molecular weight excluding hydrogens is 297 g/mol. The van der Waals surface area contributed by atoms with E-state index >= 15 is 0 Å². The van der Waals surface area contributed by atoms with Crippen LogP contribution >= 0.6 is 0 Å². The van der Waals surface area contributed by atoms with Crippen molar-refractivity contribution in [3.63, 3.8) is 0 Å². The molecule has 0 spiro atoms. The van der Waals surface area contributed by atoms with Crippen LogP contribution in [0.1, 0.15) is 39.5 Å². The highest BCUT2D eigenvalue weighted by Crippen LogP contribution is 2.40. The molecule has 4 nitrogen and oxygen atoms in total. The van der Waals surface area contributed by atoms with Crippen molar-refractivity contribution in [1.29, 1.82) is 0 Å². The number of rotatable bonds is 1. The maximum absolute atomic E-state index is 14.0. The average Bonchev–Trinajstić information content (AvgIpc) is 2.72. The quantitative estimate of drug-likeness (QED) is 0.779. The number of hydrogen-bond acceptors (Lipinski definition) is 3. The Morgan fingerprint density at radius 2 is 1.82 bits per heavy atom. The summed E-state index contributed by atoms with van der Waals surface area (Å²) in [7, 11) is 0. The minimum absolute atomic E-state index is 0.0224. The van der Waals surface area contributed by atoms with Gasteiger partial charge in [-0.15, -0.1) is 0 Å². The Morgan fingerprint density at radius 1 is 1.18 bits per heavy atom. The fraction of sp³-hybridized carbons (Fsp3) is 0.533. The van der Waals surface area contributed by atoms with Gasteiger partial charge in [0.25, 0.3) is 0 Å². The normalized spacial score (nSPS) is 32.9. The Balaban J connectivity index is 2.60. The molecule has 7 heteroatoms. The molecule has 0 atom stereocenters. The molecule has 3 N–H and O–H groups in total. The topological polar surface area (TPSA) is 66.6 Å². The van der Waals surface area contributed by atoms with E-state index in [-0.39, 0.29) is 18.4 Å². The molecule has 0 aromatic heterocycles. The van der Waals surface area contributed by atoms with E-state index in [2.05, 4.69) is 0 Å². The molecule has 122 valence electrons. The van der Waals surface area contributed by atoms with Gasteiger partial charge in [-0.3, -0.25) is 0 Å². The van der Waals surface area contributed by atoms with Crippen molar-refractivity contribution < 1.29 is 23.1 Å². The minimum Gasteiger partial charge on any atom is -0.478 e. The minimum atomic E-state index is -1.60. The Kier molecular flexibility index (Phi) is 4.26. The van der Waals surface area contributed by atoms with E-state index in [1.807, 2.05) is 13.8 Å². The third-order valence-corrected chi connectivity index (χ3v) is 4.29. The Bertz CT molecular complexity index is 606. The van der Waals surface area contributed by atoms with E-state index in [0.717, 1.165) is 0 Å². The second-order valence-electron chi connectivity index (χ2n) is 6.19. The molecule has 0 aromatic rings. The van der Waals surface area contributed by atoms with Gasteiger partial charge in [-0.05, 0) is 39.5 Å². The second kappa shape index (κ2) is 5.70. The molecule has 2 rings (SSSR count). The van der Waals surface area contributed by atoms with Crippen molar-refractivity contribution in [1.82, 2.24) is 4.90 Å². The summed E-state index contributed by atoms with van der Waals surface area (Å²) in [6, 6.07) is 0. The molecule has 0 bridgehead atoms. The number of carboxylic acid groups (broad SMARTS) is 1. The monoisotopic (exact) mass is 316 g/mol. The zero-order valence-corrected chi connectivity index (χ0v) is 12.5. The van der Waals surface area contributed by atoms with Crippen LogP contribution in [0.15, 0.2) is 34.4 Å². The Hall–Kier alpha value is -1.92. The van der Waals surface area contributed by atoms with Gasteiger partial charge < -0.3 is 15.7 Å². The number of carbonyl (C=O) groups is 1. The maximum Gasteiger partial charge on any atom is 0.333 e. The van der Waals surface area contributed by atoms with Crippen LogP contribution in [0.2, 0.25) is 0 Å². The summed E-state index contributed by atoms with van der Waals surface area (Å²) in [5.41, 5.74) is 4.95. The van der Waals surface area contributed by atoms with Gasteiger partial charge in [0, 0.05) is 16.9 Å². The van der Waals surface area contributed by atoms with E-state index in [4.69, 9.17) is 5.73 Å². The molecule has 2 aliphatic rings. The fourth-order valence-corrected chi connectivity index (χ4v) is 2.90. The van der Waals surface area contributed by atoms with Gasteiger partial charge in [0.05, 0.1) is 12.1 Å². The van der Waals surface area contributed by atoms with Crippen LogP contribution in [0.25, 0.3) is 0 Å². The molecule has 1 fully saturated rings. The lowest BCUT2D eigenvalue weighted by Gasteiger charge is -2.35. The molecule has 0 unspecified atom stereocenters. The highest BCUT2D eigenvalue weighted by Gasteiger charge is 2.39. The first-order valence-electron chi connectivity index (χ1n) is 7.06. The van der Waals surface area contributed by atoms with Crippen LogP contribution in [0.3, 0.4) is 0 Å². The zero-order chi connectivity index (χ0) is 16.7. The lowest BCUT2D eigenvalue weighted by molar-refractivity contribution is -0.133. The van der Waals surface area contributed by atoms with Gasteiger partial charge in [0.15, 0.2) is 17.5 Å². The Morgan fingerprint density at radius 3 is 2.41 bits per heavy atom. The molecule has 2 aliphatic heterocycles. The summed E-state index contributed by atoms with van der Waals surface area (Å²) in [4.78, 5) is 13.0. The average molecular weight is 316 g/mol. The third kappa shape index (κ3) is 2.84. The number of halogens is 3. The predicted molar refractivity (Wildman–Crippen MR) is 75.5 cm³/mol. The molecule has 0 radical (unpaired) electrons. The molecule has 22 heavy (non-hydrogen) atoms. The van der Waals surface area contributed by atoms with Crippen LogP contribution < -0.4 is 5.73 Å². The molecular formula is C15H19F3N2O2. The van der Waals surface area contributed by atoms with Gasteiger partial charge in [-0.1, -0.05) is 0 Å². The number of nitrogens with zero attached hydrogens (tertiary/aromatic N) is 1. The van der Waals surface area contributed by atoms with Gasteiger partial charge >= 0.3 is 5.97 Å². The summed E-state index contributed by atoms with van der Waals surface area (Å²) in [6.45, 7) is 3.12. The first-order valence-corrected chi connectivity index (χ1v) is 7.06. The Labute approximate surface area is 126 Å². The van der Waals surface area contributed by atoms with Crippen molar-refractivity contribution in [3.8, 4) is 0 Å². The van der Waals surface area contributed by atoms with Gasteiger partial charge in [-0.2, -0.15) is 0 Å². The van der Waals surface area contributed by atoms with E-state index in [9.17, 15) is 23.1 Å². The SMILES string of the molecule is CC1(C)CC/C2=C(\C(=O)O)CC/C(N)=C(F)\C(F)=C(\F)CN21. The lowest BCUT2D eigenvalue weighted by atomic mass is 10.0. The zero-order valence-electron chi connectivity index (χ0n) is 12.5. The van der Waals surface area contributed by atoms with E-state index < -0.39 is 41.2 Å². The first kappa shape index (κ1) is 16.5. The molecule has 1 saturated heterocycles. The number of fused-ring (bicyclic) bond motifs is 1. The molecule has 0 aromatic carbocycles. The molecule has 0 amide bonds.